The third-order valence-corrected chi connectivity index (χ3v) is 3.38. The number of aromatic nitrogens is 2. The first-order chi connectivity index (χ1) is 9.20. The van der Waals surface area contributed by atoms with Crippen molar-refractivity contribution in [3.05, 3.63) is 39.8 Å². The molecule has 0 fully saturated rings. The number of carbonyl (C=O) groups excluding carboxylic acids is 1. The van der Waals surface area contributed by atoms with Crippen molar-refractivity contribution in [2.75, 3.05) is 6.61 Å². The van der Waals surface area contributed by atoms with Crippen LogP contribution in [-0.2, 0) is 13.6 Å². The summed E-state index contributed by atoms with van der Waals surface area (Å²) in [6.07, 6.45) is 1.59. The highest BCUT2D eigenvalue weighted by atomic mass is 32.1. The molecule has 5 nitrogen and oxygen atoms in total. The molecule has 0 bridgehead atoms. The summed E-state index contributed by atoms with van der Waals surface area (Å²) in [7, 11) is 1.72. The monoisotopic (exact) mass is 275 g/mol. The van der Waals surface area contributed by atoms with E-state index in [-0.39, 0.29) is 12.5 Å². The van der Waals surface area contributed by atoms with Crippen LogP contribution in [0.3, 0.4) is 0 Å². The molecule has 0 aliphatic rings. The molecule has 19 heavy (non-hydrogen) atoms. The molecular weight excluding hydrogens is 262 g/mol. The van der Waals surface area contributed by atoms with Crippen molar-refractivity contribution >= 4 is 17.2 Å². The Morgan fingerprint density at radius 3 is 3.16 bits per heavy atom. The first-order valence-electron chi connectivity index (χ1n) is 5.64. The van der Waals surface area contributed by atoms with Gasteiger partial charge in [0.2, 0.25) is 0 Å². The van der Waals surface area contributed by atoms with Gasteiger partial charge in [-0.1, -0.05) is 11.8 Å². The zero-order chi connectivity index (χ0) is 13.7. The van der Waals surface area contributed by atoms with E-state index in [0.29, 0.717) is 12.2 Å². The Bertz CT molecular complexity index is 634. The van der Waals surface area contributed by atoms with Gasteiger partial charge >= 0.3 is 0 Å². The number of aliphatic hydroxyl groups excluding tert-OH is 1. The molecule has 98 valence electrons. The topological polar surface area (TPSA) is 67.2 Å². The summed E-state index contributed by atoms with van der Waals surface area (Å²) in [5.74, 6) is 5.25. The SMILES string of the molecule is Cn1nccc1C(=O)NCc1cc(C#CCO)cs1. The van der Waals surface area contributed by atoms with Crippen molar-refractivity contribution in [3.8, 4) is 11.8 Å². The van der Waals surface area contributed by atoms with Crippen LogP contribution in [0.5, 0.6) is 0 Å². The molecule has 0 saturated carbocycles. The van der Waals surface area contributed by atoms with Gasteiger partial charge < -0.3 is 10.4 Å². The van der Waals surface area contributed by atoms with E-state index in [9.17, 15) is 4.79 Å². The Kier molecular flexibility index (Phi) is 4.34. The molecule has 0 unspecified atom stereocenters. The smallest absolute Gasteiger partial charge is 0.269 e. The molecule has 2 aromatic heterocycles. The summed E-state index contributed by atoms with van der Waals surface area (Å²) in [6.45, 7) is 0.303. The number of carbonyl (C=O) groups is 1. The number of amides is 1. The Labute approximate surface area is 114 Å². The molecule has 0 saturated heterocycles. The molecule has 0 aliphatic heterocycles. The van der Waals surface area contributed by atoms with Crippen LogP contribution >= 0.6 is 11.3 Å². The Morgan fingerprint density at radius 2 is 2.47 bits per heavy atom. The quantitative estimate of drug-likeness (QED) is 0.813. The fourth-order valence-corrected chi connectivity index (χ4v) is 2.29. The van der Waals surface area contributed by atoms with E-state index < -0.39 is 0 Å². The maximum Gasteiger partial charge on any atom is 0.269 e. The minimum atomic E-state index is -0.156. The molecule has 1 amide bonds. The minimum absolute atomic E-state index is 0.150. The van der Waals surface area contributed by atoms with Crippen LogP contribution in [0.25, 0.3) is 0 Å². The second-order valence-corrected chi connectivity index (χ2v) is 4.78. The fourth-order valence-electron chi connectivity index (χ4n) is 1.54. The maximum atomic E-state index is 11.9. The van der Waals surface area contributed by atoms with Gasteiger partial charge in [0.25, 0.3) is 5.91 Å². The number of hydrogen-bond acceptors (Lipinski definition) is 4. The van der Waals surface area contributed by atoms with Crippen LogP contribution in [0.2, 0.25) is 0 Å². The van der Waals surface area contributed by atoms with Gasteiger partial charge in [-0.25, -0.2) is 0 Å². The summed E-state index contributed by atoms with van der Waals surface area (Å²) < 4.78 is 1.53. The van der Waals surface area contributed by atoms with Crippen molar-refractivity contribution < 1.29 is 9.90 Å². The molecular formula is C13H13N3O2S. The predicted octanol–water partition coefficient (Wildman–Crippen LogP) is 0.755. The minimum Gasteiger partial charge on any atom is -0.384 e. The highest BCUT2D eigenvalue weighted by molar-refractivity contribution is 7.10. The first kappa shape index (κ1) is 13.3. The Balaban J connectivity index is 1.94. The maximum absolute atomic E-state index is 11.9. The van der Waals surface area contributed by atoms with Crippen molar-refractivity contribution in [1.82, 2.24) is 15.1 Å². The summed E-state index contributed by atoms with van der Waals surface area (Å²) in [5, 5.41) is 17.3. The zero-order valence-electron chi connectivity index (χ0n) is 10.4. The van der Waals surface area contributed by atoms with Gasteiger partial charge in [0.15, 0.2) is 0 Å². The predicted molar refractivity (Wildman–Crippen MR) is 72.7 cm³/mol. The number of aryl methyl sites for hydroxylation is 1. The van der Waals surface area contributed by atoms with E-state index in [2.05, 4.69) is 22.3 Å². The Morgan fingerprint density at radius 1 is 1.63 bits per heavy atom. The largest absolute Gasteiger partial charge is 0.384 e. The van der Waals surface area contributed by atoms with Gasteiger partial charge in [0.05, 0.1) is 6.54 Å². The first-order valence-corrected chi connectivity index (χ1v) is 6.52. The van der Waals surface area contributed by atoms with Crippen molar-refractivity contribution in [1.29, 1.82) is 0 Å². The summed E-state index contributed by atoms with van der Waals surface area (Å²) in [6, 6.07) is 3.57. The highest BCUT2D eigenvalue weighted by Gasteiger charge is 2.09. The van der Waals surface area contributed by atoms with E-state index in [1.807, 2.05) is 11.4 Å². The number of aliphatic hydroxyl groups is 1. The second-order valence-electron chi connectivity index (χ2n) is 3.78. The molecule has 0 aromatic carbocycles. The van der Waals surface area contributed by atoms with Gasteiger partial charge in [-0.05, 0) is 12.1 Å². The van der Waals surface area contributed by atoms with Crippen molar-refractivity contribution in [2.24, 2.45) is 7.05 Å². The second kappa shape index (κ2) is 6.18. The van der Waals surface area contributed by atoms with E-state index in [4.69, 9.17) is 5.11 Å². The standard InChI is InChI=1S/C13H13N3O2S/c1-16-12(4-5-15-16)13(18)14-8-11-7-10(9-19-11)3-2-6-17/h4-5,7,9,17H,6,8H2,1H3,(H,14,18). The molecule has 2 aromatic rings. The third-order valence-electron chi connectivity index (χ3n) is 2.44. The molecule has 0 radical (unpaired) electrons. The van der Waals surface area contributed by atoms with Crippen LogP contribution in [0, 0.1) is 11.8 Å². The Hall–Kier alpha value is -2.10. The number of rotatable bonds is 3. The van der Waals surface area contributed by atoms with Gasteiger partial charge in [-0.2, -0.15) is 5.10 Å². The molecule has 0 spiro atoms. The lowest BCUT2D eigenvalue weighted by Gasteiger charge is -2.03. The van der Waals surface area contributed by atoms with Crippen LogP contribution in [0.15, 0.2) is 23.7 Å². The number of hydrogen-bond donors (Lipinski definition) is 2. The number of thiophene rings is 1. The zero-order valence-corrected chi connectivity index (χ0v) is 11.2. The summed E-state index contributed by atoms with van der Waals surface area (Å²) >= 11 is 1.52. The lowest BCUT2D eigenvalue weighted by molar-refractivity contribution is 0.0942. The average Bonchev–Trinajstić information content (AvgIpc) is 3.02. The van der Waals surface area contributed by atoms with Crippen LogP contribution in [0.4, 0.5) is 0 Å². The third kappa shape index (κ3) is 3.44. The van der Waals surface area contributed by atoms with E-state index >= 15 is 0 Å². The molecule has 2 heterocycles. The molecule has 6 heteroatoms. The number of nitrogens with one attached hydrogen (secondary N) is 1. The van der Waals surface area contributed by atoms with Gasteiger partial charge in [-0.15, -0.1) is 11.3 Å². The normalized spacial score (nSPS) is 9.79. The lowest BCUT2D eigenvalue weighted by Crippen LogP contribution is -2.24. The summed E-state index contributed by atoms with van der Waals surface area (Å²) in [5.41, 5.74) is 1.38. The summed E-state index contributed by atoms with van der Waals surface area (Å²) in [4.78, 5) is 12.9. The molecule has 2 N–H and O–H groups in total. The van der Waals surface area contributed by atoms with E-state index in [1.54, 1.807) is 19.3 Å². The molecule has 0 aliphatic carbocycles. The van der Waals surface area contributed by atoms with Crippen molar-refractivity contribution in [3.63, 3.8) is 0 Å². The highest BCUT2D eigenvalue weighted by Crippen LogP contribution is 2.13. The number of nitrogens with zero attached hydrogens (tertiary/aromatic N) is 2. The van der Waals surface area contributed by atoms with Crippen LogP contribution in [0.1, 0.15) is 20.9 Å². The van der Waals surface area contributed by atoms with Gasteiger partial charge in [0.1, 0.15) is 12.3 Å². The van der Waals surface area contributed by atoms with Crippen LogP contribution in [-0.4, -0.2) is 27.4 Å². The lowest BCUT2D eigenvalue weighted by atomic mass is 10.3. The molecule has 2 rings (SSSR count). The van der Waals surface area contributed by atoms with Crippen molar-refractivity contribution in [2.45, 2.75) is 6.54 Å². The van der Waals surface area contributed by atoms with Crippen LogP contribution < -0.4 is 5.32 Å². The molecule has 0 atom stereocenters. The van der Waals surface area contributed by atoms with E-state index in [1.165, 1.54) is 16.0 Å². The van der Waals surface area contributed by atoms with Gasteiger partial charge in [-0.3, -0.25) is 9.48 Å². The average molecular weight is 275 g/mol. The fraction of sp³-hybridized carbons (Fsp3) is 0.231. The van der Waals surface area contributed by atoms with Gasteiger partial charge in [0, 0.05) is 29.1 Å². The van der Waals surface area contributed by atoms with E-state index in [0.717, 1.165) is 10.4 Å².